The van der Waals surface area contributed by atoms with E-state index in [0.717, 1.165) is 25.9 Å². The Labute approximate surface area is 101 Å². The summed E-state index contributed by atoms with van der Waals surface area (Å²) in [5.74, 6) is -0.149. The molecule has 1 unspecified atom stereocenters. The molecule has 1 atom stereocenters. The average Bonchev–Trinajstić information content (AvgIpc) is 2.76. The predicted octanol–water partition coefficient (Wildman–Crippen LogP) is -0.351. The van der Waals surface area contributed by atoms with Crippen LogP contribution in [0.1, 0.15) is 12.8 Å². The summed E-state index contributed by atoms with van der Waals surface area (Å²) in [6, 6.07) is 0.446. The fourth-order valence-electron chi connectivity index (χ4n) is 2.33. The van der Waals surface area contributed by atoms with Gasteiger partial charge in [-0.25, -0.2) is 9.69 Å². The molecule has 0 saturated carbocycles. The Morgan fingerprint density at radius 2 is 2.35 bits per heavy atom. The van der Waals surface area contributed by atoms with Crippen LogP contribution in [0.3, 0.4) is 0 Å². The van der Waals surface area contributed by atoms with E-state index >= 15 is 0 Å². The van der Waals surface area contributed by atoms with Crippen LogP contribution in [0.2, 0.25) is 0 Å². The van der Waals surface area contributed by atoms with Crippen LogP contribution in [-0.2, 0) is 9.53 Å². The van der Waals surface area contributed by atoms with Crippen LogP contribution < -0.4 is 5.32 Å². The van der Waals surface area contributed by atoms with E-state index in [2.05, 4.69) is 10.2 Å². The van der Waals surface area contributed by atoms with Crippen molar-refractivity contribution >= 4 is 12.0 Å². The number of hydrogen-bond acceptors (Lipinski definition) is 5. The number of carbonyl (C=O) groups excluding carboxylic acids is 2. The largest absolute Gasteiger partial charge is 0.447 e. The van der Waals surface area contributed by atoms with E-state index in [1.54, 1.807) is 0 Å². The Morgan fingerprint density at radius 3 is 3.00 bits per heavy atom. The number of carbonyl (C=O) groups is 2. The third-order valence-electron chi connectivity index (χ3n) is 3.33. The predicted molar refractivity (Wildman–Crippen MR) is 61.6 cm³/mol. The second-order valence-electron chi connectivity index (χ2n) is 4.52. The number of nitrogens with zero attached hydrogens (tertiary/aromatic N) is 2. The Kier molecular flexibility index (Phi) is 3.96. The molecule has 2 saturated heterocycles. The zero-order valence-corrected chi connectivity index (χ0v) is 10.1. The summed E-state index contributed by atoms with van der Waals surface area (Å²) in [6.07, 6.45) is 1.73. The lowest BCUT2D eigenvalue weighted by molar-refractivity contribution is -0.129. The van der Waals surface area contributed by atoms with Gasteiger partial charge in [-0.05, 0) is 26.4 Å². The van der Waals surface area contributed by atoms with Crippen LogP contribution in [0.4, 0.5) is 4.79 Å². The van der Waals surface area contributed by atoms with Gasteiger partial charge in [0.15, 0.2) is 0 Å². The fraction of sp³-hybridized carbons (Fsp3) is 0.818. The topological polar surface area (TPSA) is 61.9 Å². The molecule has 0 aromatic carbocycles. The molecule has 0 bridgehead atoms. The third-order valence-corrected chi connectivity index (χ3v) is 3.33. The van der Waals surface area contributed by atoms with Crippen LogP contribution in [0.5, 0.6) is 0 Å². The van der Waals surface area contributed by atoms with Crippen LogP contribution in [0, 0.1) is 0 Å². The smallest absolute Gasteiger partial charge is 0.416 e. The van der Waals surface area contributed by atoms with Crippen LogP contribution in [0.15, 0.2) is 0 Å². The molecule has 2 amide bonds. The molecule has 17 heavy (non-hydrogen) atoms. The van der Waals surface area contributed by atoms with Crippen LogP contribution in [-0.4, -0.2) is 67.7 Å². The van der Waals surface area contributed by atoms with Gasteiger partial charge < -0.3 is 10.1 Å². The third kappa shape index (κ3) is 2.95. The summed E-state index contributed by atoms with van der Waals surface area (Å²) in [5.41, 5.74) is 0. The molecule has 2 fully saturated rings. The monoisotopic (exact) mass is 241 g/mol. The lowest BCUT2D eigenvalue weighted by Crippen LogP contribution is -2.48. The number of hydrogen-bond donors (Lipinski definition) is 1. The normalized spacial score (nSPS) is 26.1. The van der Waals surface area contributed by atoms with Gasteiger partial charge in [0.1, 0.15) is 6.61 Å². The van der Waals surface area contributed by atoms with Crippen LogP contribution in [0.25, 0.3) is 0 Å². The molecule has 2 aliphatic rings. The van der Waals surface area contributed by atoms with Crippen LogP contribution >= 0.6 is 0 Å². The van der Waals surface area contributed by atoms with Crippen molar-refractivity contribution in [2.75, 3.05) is 39.8 Å². The van der Waals surface area contributed by atoms with E-state index < -0.39 is 6.09 Å². The van der Waals surface area contributed by atoms with Gasteiger partial charge in [0, 0.05) is 12.6 Å². The Balaban J connectivity index is 1.83. The van der Waals surface area contributed by atoms with Gasteiger partial charge >= 0.3 is 6.09 Å². The van der Waals surface area contributed by atoms with Gasteiger partial charge in [-0.15, -0.1) is 0 Å². The van der Waals surface area contributed by atoms with Gasteiger partial charge in [-0.2, -0.15) is 0 Å². The molecule has 0 aliphatic carbocycles. The molecule has 0 spiro atoms. The molecule has 2 aliphatic heterocycles. The molecule has 96 valence electrons. The average molecular weight is 241 g/mol. The first kappa shape index (κ1) is 12.3. The fourth-order valence-corrected chi connectivity index (χ4v) is 2.33. The SMILES string of the molecule is CNC1CCCN(CC(=O)N2CCOC2=O)C1. The molecule has 2 heterocycles. The first-order chi connectivity index (χ1) is 8.20. The van der Waals surface area contributed by atoms with Crippen molar-refractivity contribution in [3.8, 4) is 0 Å². The molecule has 0 aromatic rings. The number of imide groups is 1. The maximum absolute atomic E-state index is 11.9. The summed E-state index contributed by atoms with van der Waals surface area (Å²) in [4.78, 5) is 26.4. The van der Waals surface area contributed by atoms with Gasteiger partial charge in [-0.1, -0.05) is 0 Å². The Hall–Kier alpha value is -1.14. The summed E-state index contributed by atoms with van der Waals surface area (Å²) in [7, 11) is 1.94. The lowest BCUT2D eigenvalue weighted by Gasteiger charge is -2.32. The Bertz CT molecular complexity index is 308. The number of ether oxygens (including phenoxy) is 1. The van der Waals surface area contributed by atoms with E-state index in [0.29, 0.717) is 25.7 Å². The van der Waals surface area contributed by atoms with Crippen molar-refractivity contribution in [3.63, 3.8) is 0 Å². The zero-order valence-electron chi connectivity index (χ0n) is 10.1. The first-order valence-corrected chi connectivity index (χ1v) is 6.07. The van der Waals surface area contributed by atoms with Gasteiger partial charge in [0.2, 0.25) is 5.91 Å². The van der Waals surface area contributed by atoms with Crippen molar-refractivity contribution in [3.05, 3.63) is 0 Å². The minimum atomic E-state index is -0.503. The highest BCUT2D eigenvalue weighted by atomic mass is 16.6. The highest BCUT2D eigenvalue weighted by Crippen LogP contribution is 2.11. The second kappa shape index (κ2) is 5.46. The Morgan fingerprint density at radius 1 is 1.53 bits per heavy atom. The highest BCUT2D eigenvalue weighted by Gasteiger charge is 2.30. The molecular weight excluding hydrogens is 222 g/mol. The van der Waals surface area contributed by atoms with Gasteiger partial charge in [0.25, 0.3) is 0 Å². The maximum atomic E-state index is 11.9. The van der Waals surface area contributed by atoms with Crippen molar-refractivity contribution < 1.29 is 14.3 Å². The number of amides is 2. The van der Waals surface area contributed by atoms with Crippen molar-refractivity contribution in [2.24, 2.45) is 0 Å². The minimum Gasteiger partial charge on any atom is -0.447 e. The molecule has 2 rings (SSSR count). The number of likely N-dealkylation sites (tertiary alicyclic amines) is 1. The van der Waals surface area contributed by atoms with E-state index in [-0.39, 0.29) is 5.91 Å². The minimum absolute atomic E-state index is 0.149. The van der Waals surface area contributed by atoms with E-state index in [4.69, 9.17) is 4.74 Å². The molecule has 1 N–H and O–H groups in total. The lowest BCUT2D eigenvalue weighted by atomic mass is 10.1. The summed E-state index contributed by atoms with van der Waals surface area (Å²) in [5, 5.41) is 3.23. The van der Waals surface area contributed by atoms with E-state index in [1.165, 1.54) is 4.90 Å². The number of piperidine rings is 1. The molecule has 0 aromatic heterocycles. The number of rotatable bonds is 3. The van der Waals surface area contributed by atoms with Crippen molar-refractivity contribution in [1.29, 1.82) is 0 Å². The molecular formula is C11H19N3O3. The quantitative estimate of drug-likeness (QED) is 0.731. The van der Waals surface area contributed by atoms with Gasteiger partial charge in [0.05, 0.1) is 13.1 Å². The van der Waals surface area contributed by atoms with Crippen molar-refractivity contribution in [1.82, 2.24) is 15.1 Å². The number of nitrogens with one attached hydrogen (secondary N) is 1. The van der Waals surface area contributed by atoms with E-state index in [9.17, 15) is 9.59 Å². The molecule has 6 heteroatoms. The van der Waals surface area contributed by atoms with E-state index in [1.807, 2.05) is 7.05 Å². The summed E-state index contributed by atoms with van der Waals surface area (Å²) >= 11 is 0. The second-order valence-corrected chi connectivity index (χ2v) is 4.52. The highest BCUT2D eigenvalue weighted by molar-refractivity contribution is 5.94. The van der Waals surface area contributed by atoms with Gasteiger partial charge in [-0.3, -0.25) is 9.69 Å². The molecule has 0 radical (unpaired) electrons. The standard InChI is InChI=1S/C11H19N3O3/c1-12-9-3-2-4-13(7-9)8-10(15)14-5-6-17-11(14)16/h9,12H,2-8H2,1H3. The number of cyclic esters (lactones) is 1. The first-order valence-electron chi connectivity index (χ1n) is 6.07. The summed E-state index contributed by atoms with van der Waals surface area (Å²) in [6.45, 7) is 2.82. The zero-order chi connectivity index (χ0) is 12.3. The summed E-state index contributed by atoms with van der Waals surface area (Å²) < 4.78 is 4.75. The maximum Gasteiger partial charge on any atom is 0.416 e. The van der Waals surface area contributed by atoms with Crippen molar-refractivity contribution in [2.45, 2.75) is 18.9 Å². The molecule has 6 nitrogen and oxygen atoms in total. The number of likely N-dealkylation sites (N-methyl/N-ethyl adjacent to an activating group) is 1.